The van der Waals surface area contributed by atoms with E-state index in [9.17, 15) is 8.42 Å². The summed E-state index contributed by atoms with van der Waals surface area (Å²) < 4.78 is 23.0. The van der Waals surface area contributed by atoms with Crippen molar-refractivity contribution >= 4 is 10.0 Å². The minimum atomic E-state index is -3.02. The topological polar surface area (TPSA) is 63.4 Å². The molecular weight excluding hydrogens is 164 g/mol. The number of hydrogen-bond acceptors (Lipinski definition) is 3. The van der Waals surface area contributed by atoms with E-state index in [0.717, 1.165) is 0 Å². The molecular formula is C6H16N2O2S. The molecule has 0 aliphatic rings. The number of nitrogens with zero attached hydrogens (tertiary/aromatic N) is 1. The molecule has 0 saturated carbocycles. The van der Waals surface area contributed by atoms with Crippen molar-refractivity contribution in [2.24, 2.45) is 5.73 Å². The fourth-order valence-corrected chi connectivity index (χ4v) is 0.988. The molecule has 0 heterocycles. The van der Waals surface area contributed by atoms with Gasteiger partial charge < -0.3 is 5.73 Å². The molecule has 0 amide bonds. The van der Waals surface area contributed by atoms with Gasteiger partial charge in [-0.3, -0.25) is 0 Å². The molecule has 0 aromatic rings. The maximum Gasteiger partial charge on any atom is 0.210 e. The van der Waals surface area contributed by atoms with Crippen molar-refractivity contribution in [3.05, 3.63) is 0 Å². The van der Waals surface area contributed by atoms with Crippen LogP contribution in [0.5, 0.6) is 0 Å². The summed E-state index contributed by atoms with van der Waals surface area (Å²) in [5.74, 6) is 0. The quantitative estimate of drug-likeness (QED) is 0.641. The van der Waals surface area contributed by atoms with Crippen LogP contribution in [0.25, 0.3) is 0 Å². The lowest BCUT2D eigenvalue weighted by Gasteiger charge is -2.14. The molecule has 0 saturated heterocycles. The van der Waals surface area contributed by atoms with Gasteiger partial charge >= 0.3 is 0 Å². The van der Waals surface area contributed by atoms with Crippen molar-refractivity contribution in [2.45, 2.75) is 19.4 Å². The third kappa shape index (κ3) is 5.17. The monoisotopic (exact) mass is 180 g/mol. The van der Waals surface area contributed by atoms with Crippen molar-refractivity contribution in [1.29, 1.82) is 0 Å². The van der Waals surface area contributed by atoms with Gasteiger partial charge in [-0.25, -0.2) is 12.7 Å². The standard InChI is InChI=1S/C6H16N2O2S/c1-6(7)4-5-8(2)11(3,9)10/h6H,4-5,7H2,1-3H3/t6-/m0/s1. The summed E-state index contributed by atoms with van der Waals surface area (Å²) in [5, 5.41) is 0. The van der Waals surface area contributed by atoms with Gasteiger partial charge in [-0.2, -0.15) is 0 Å². The van der Waals surface area contributed by atoms with Gasteiger partial charge in [0.15, 0.2) is 0 Å². The lowest BCUT2D eigenvalue weighted by Crippen LogP contribution is -2.30. The molecule has 0 aromatic carbocycles. The average molecular weight is 180 g/mol. The van der Waals surface area contributed by atoms with Crippen LogP contribution in [0.1, 0.15) is 13.3 Å². The summed E-state index contributed by atoms with van der Waals surface area (Å²) >= 11 is 0. The normalized spacial score (nSPS) is 15.4. The van der Waals surface area contributed by atoms with Crippen molar-refractivity contribution < 1.29 is 8.42 Å². The van der Waals surface area contributed by atoms with Gasteiger partial charge in [-0.05, 0) is 13.3 Å². The predicted molar refractivity (Wildman–Crippen MR) is 45.7 cm³/mol. The number of nitrogens with two attached hydrogens (primary N) is 1. The van der Waals surface area contributed by atoms with Crippen LogP contribution in [0.4, 0.5) is 0 Å². The maximum atomic E-state index is 10.8. The number of rotatable bonds is 4. The molecule has 11 heavy (non-hydrogen) atoms. The SMILES string of the molecule is C[C@H](N)CCN(C)S(C)(=O)=O. The Balaban J connectivity index is 3.81. The van der Waals surface area contributed by atoms with E-state index in [2.05, 4.69) is 0 Å². The van der Waals surface area contributed by atoms with E-state index >= 15 is 0 Å². The van der Waals surface area contributed by atoms with Crippen molar-refractivity contribution in [2.75, 3.05) is 19.8 Å². The molecule has 5 heteroatoms. The number of hydrogen-bond donors (Lipinski definition) is 1. The summed E-state index contributed by atoms with van der Waals surface area (Å²) in [5.41, 5.74) is 5.46. The first-order chi connectivity index (χ1) is 4.84. The maximum absolute atomic E-state index is 10.8. The minimum absolute atomic E-state index is 0.0548. The van der Waals surface area contributed by atoms with Gasteiger partial charge in [0.1, 0.15) is 0 Å². The van der Waals surface area contributed by atoms with Gasteiger partial charge in [0, 0.05) is 19.6 Å². The average Bonchev–Trinajstić information content (AvgIpc) is 1.80. The molecule has 4 nitrogen and oxygen atoms in total. The Bertz CT molecular complexity index is 199. The smallest absolute Gasteiger partial charge is 0.210 e. The van der Waals surface area contributed by atoms with E-state index in [-0.39, 0.29) is 6.04 Å². The lowest BCUT2D eigenvalue weighted by atomic mass is 10.2. The first-order valence-corrected chi connectivity index (χ1v) is 5.35. The fraction of sp³-hybridized carbons (Fsp3) is 1.00. The van der Waals surface area contributed by atoms with Crippen molar-refractivity contribution in [3.8, 4) is 0 Å². The second-order valence-electron chi connectivity index (χ2n) is 2.85. The van der Waals surface area contributed by atoms with Crippen LogP contribution >= 0.6 is 0 Å². The van der Waals surface area contributed by atoms with E-state index in [1.54, 1.807) is 7.05 Å². The molecule has 0 fully saturated rings. The second-order valence-corrected chi connectivity index (χ2v) is 4.94. The summed E-state index contributed by atoms with van der Waals surface area (Å²) in [4.78, 5) is 0. The molecule has 0 spiro atoms. The summed E-state index contributed by atoms with van der Waals surface area (Å²) in [6.45, 7) is 2.35. The summed E-state index contributed by atoms with van der Waals surface area (Å²) in [7, 11) is -1.47. The predicted octanol–water partition coefficient (Wildman–Crippen LogP) is -0.385. The van der Waals surface area contributed by atoms with Crippen LogP contribution in [0.3, 0.4) is 0 Å². The molecule has 0 rings (SSSR count). The highest BCUT2D eigenvalue weighted by molar-refractivity contribution is 7.88. The molecule has 68 valence electrons. The highest BCUT2D eigenvalue weighted by Gasteiger charge is 2.10. The van der Waals surface area contributed by atoms with E-state index in [1.165, 1.54) is 10.6 Å². The lowest BCUT2D eigenvalue weighted by molar-refractivity contribution is 0.450. The van der Waals surface area contributed by atoms with Gasteiger partial charge in [0.05, 0.1) is 6.26 Å². The molecule has 0 aliphatic heterocycles. The van der Waals surface area contributed by atoms with Crippen molar-refractivity contribution in [3.63, 3.8) is 0 Å². The molecule has 1 atom stereocenters. The van der Waals surface area contributed by atoms with E-state index < -0.39 is 10.0 Å². The molecule has 0 bridgehead atoms. The minimum Gasteiger partial charge on any atom is -0.328 e. The Hall–Kier alpha value is -0.130. The first kappa shape index (κ1) is 10.9. The zero-order chi connectivity index (χ0) is 9.07. The van der Waals surface area contributed by atoms with Crippen LogP contribution in [-0.2, 0) is 10.0 Å². The highest BCUT2D eigenvalue weighted by Crippen LogP contribution is 1.96. The van der Waals surface area contributed by atoms with Gasteiger partial charge in [-0.15, -0.1) is 0 Å². The molecule has 2 N–H and O–H groups in total. The van der Waals surface area contributed by atoms with Crippen molar-refractivity contribution in [1.82, 2.24) is 4.31 Å². The molecule has 0 aliphatic carbocycles. The second kappa shape index (κ2) is 4.04. The van der Waals surface area contributed by atoms with Crippen LogP contribution in [0.2, 0.25) is 0 Å². The highest BCUT2D eigenvalue weighted by atomic mass is 32.2. The summed E-state index contributed by atoms with van der Waals surface area (Å²) in [6.07, 6.45) is 1.89. The third-order valence-corrected chi connectivity index (χ3v) is 2.78. The zero-order valence-electron chi connectivity index (χ0n) is 7.24. The van der Waals surface area contributed by atoms with Crippen LogP contribution in [0.15, 0.2) is 0 Å². The van der Waals surface area contributed by atoms with Crippen LogP contribution in [0, 0.1) is 0 Å². The molecule has 0 aromatic heterocycles. The first-order valence-electron chi connectivity index (χ1n) is 3.51. The van der Waals surface area contributed by atoms with Gasteiger partial charge in [0.2, 0.25) is 10.0 Å². The van der Waals surface area contributed by atoms with E-state index in [1.807, 2.05) is 6.92 Å². The fourth-order valence-electron chi connectivity index (χ4n) is 0.551. The Morgan fingerprint density at radius 2 is 2.00 bits per heavy atom. The van der Waals surface area contributed by atoms with Crippen LogP contribution < -0.4 is 5.73 Å². The third-order valence-electron chi connectivity index (χ3n) is 1.47. The Morgan fingerprint density at radius 1 is 1.55 bits per heavy atom. The molecule has 0 unspecified atom stereocenters. The Morgan fingerprint density at radius 3 is 2.27 bits per heavy atom. The Labute approximate surface area is 68.4 Å². The van der Waals surface area contributed by atoms with Crippen LogP contribution in [-0.4, -0.2) is 38.6 Å². The van der Waals surface area contributed by atoms with E-state index in [0.29, 0.717) is 13.0 Å². The Kier molecular flexibility index (Phi) is 3.99. The largest absolute Gasteiger partial charge is 0.328 e. The van der Waals surface area contributed by atoms with Gasteiger partial charge in [0.25, 0.3) is 0 Å². The molecule has 0 radical (unpaired) electrons. The van der Waals surface area contributed by atoms with Gasteiger partial charge in [-0.1, -0.05) is 0 Å². The van der Waals surface area contributed by atoms with E-state index in [4.69, 9.17) is 5.73 Å². The zero-order valence-corrected chi connectivity index (χ0v) is 8.06. The number of sulfonamides is 1. The summed E-state index contributed by atoms with van der Waals surface area (Å²) in [6, 6.07) is 0.0548.